The van der Waals surface area contributed by atoms with E-state index in [4.69, 9.17) is 10.6 Å². The zero-order valence-corrected chi connectivity index (χ0v) is 47.8. The number of carbonyl (C=O) groups is 5. The molecule has 2 aliphatic carbocycles. The lowest BCUT2D eigenvalue weighted by Gasteiger charge is -2.53. The third-order valence-electron chi connectivity index (χ3n) is 17.1. The minimum atomic E-state index is -1.01. The van der Waals surface area contributed by atoms with Crippen molar-refractivity contribution >= 4 is 46.7 Å². The molecule has 18 nitrogen and oxygen atoms in total. The van der Waals surface area contributed by atoms with E-state index in [0.29, 0.717) is 36.4 Å². The van der Waals surface area contributed by atoms with E-state index >= 15 is 0 Å². The van der Waals surface area contributed by atoms with Crippen molar-refractivity contribution < 1.29 is 43.6 Å². The number of aromatic hydroxyl groups is 1. The number of phenolic OH excluding ortho intramolecular Hbond substituents is 1. The highest BCUT2D eigenvalue weighted by atomic mass is 16.7. The number of aryl methyl sites for hydroxylation is 1. The van der Waals surface area contributed by atoms with Crippen LogP contribution in [0.1, 0.15) is 163 Å². The molecule has 1 saturated heterocycles. The van der Waals surface area contributed by atoms with Gasteiger partial charge in [-0.25, -0.2) is 9.59 Å². The molecule has 5 aliphatic rings. The fourth-order valence-electron chi connectivity index (χ4n) is 13.4. The number of likely N-dealkylation sites (tertiary alicyclic amines) is 1. The number of ether oxygens (including phenoxy) is 1. The van der Waals surface area contributed by atoms with Gasteiger partial charge >= 0.3 is 12.1 Å². The lowest BCUT2D eigenvalue weighted by atomic mass is 9.59. The predicted molar refractivity (Wildman–Crippen MR) is 310 cm³/mol. The summed E-state index contributed by atoms with van der Waals surface area (Å²) in [6.45, 7) is 19.4. The lowest BCUT2D eigenvalue weighted by molar-refractivity contribution is -0.386. The molecule has 6 N–H and O–H groups in total. The Hall–Kier alpha value is -7.83. The number of piperidine rings is 1. The van der Waals surface area contributed by atoms with Gasteiger partial charge in [0.05, 0.1) is 16.5 Å². The van der Waals surface area contributed by atoms with Crippen molar-refractivity contribution in [2.24, 2.45) is 11.8 Å². The Morgan fingerprint density at radius 2 is 1.67 bits per heavy atom. The van der Waals surface area contributed by atoms with Crippen LogP contribution < -0.4 is 26.7 Å². The molecule has 1 fully saturated rings. The van der Waals surface area contributed by atoms with Crippen LogP contribution in [0.5, 0.6) is 5.75 Å². The summed E-state index contributed by atoms with van der Waals surface area (Å²) in [7, 11) is 1.78. The molecule has 0 spiro atoms. The van der Waals surface area contributed by atoms with Gasteiger partial charge < -0.3 is 40.4 Å². The van der Waals surface area contributed by atoms with Gasteiger partial charge in [0.25, 0.3) is 17.5 Å². The minimum Gasteiger partial charge on any atom is -0.507 e. The number of nitro benzene ring substituents is 1. The quantitative estimate of drug-likeness (QED) is 0.0355. The van der Waals surface area contributed by atoms with Crippen LogP contribution in [-0.4, -0.2) is 108 Å². The van der Waals surface area contributed by atoms with Gasteiger partial charge in [-0.2, -0.15) is 5.90 Å². The first-order valence-electron chi connectivity index (χ1n) is 28.4. The highest BCUT2D eigenvalue weighted by molar-refractivity contribution is 6.04. The van der Waals surface area contributed by atoms with Gasteiger partial charge in [-0.1, -0.05) is 64.1 Å². The van der Waals surface area contributed by atoms with Crippen LogP contribution in [0.3, 0.4) is 0 Å². The van der Waals surface area contributed by atoms with E-state index in [1.165, 1.54) is 75.8 Å². The average Bonchev–Trinajstić information content (AvgIpc) is 3.23. The van der Waals surface area contributed by atoms with E-state index in [1.807, 2.05) is 18.2 Å². The zero-order chi connectivity index (χ0) is 58.1. The predicted octanol–water partition coefficient (Wildman–Crippen LogP) is 9.27. The molecule has 0 bridgehead atoms. The van der Waals surface area contributed by atoms with Crippen LogP contribution in [0.15, 0.2) is 95.6 Å². The first-order valence-corrected chi connectivity index (χ1v) is 28.4. The number of nitrogens with two attached hydrogens (primary N) is 1. The van der Waals surface area contributed by atoms with Gasteiger partial charge in [0.1, 0.15) is 17.4 Å². The summed E-state index contributed by atoms with van der Waals surface area (Å²) in [5, 5.41) is 30.3. The Morgan fingerprint density at radius 3 is 2.40 bits per heavy atom. The van der Waals surface area contributed by atoms with Crippen LogP contribution in [0.25, 0.3) is 5.57 Å². The number of nitro groups is 1. The summed E-state index contributed by atoms with van der Waals surface area (Å²) >= 11 is 0. The highest BCUT2D eigenvalue weighted by Gasteiger charge is 2.48. The monoisotopic (exact) mass is 1100 g/mol. The van der Waals surface area contributed by atoms with Gasteiger partial charge in [0.2, 0.25) is 5.91 Å². The van der Waals surface area contributed by atoms with E-state index in [-0.39, 0.29) is 77.2 Å². The number of amides is 4. The van der Waals surface area contributed by atoms with E-state index in [9.17, 15) is 39.2 Å². The molecule has 3 atom stereocenters. The number of nitrogens with one attached hydrogen (secondary N) is 3. The van der Waals surface area contributed by atoms with Crippen molar-refractivity contribution in [3.63, 3.8) is 0 Å². The van der Waals surface area contributed by atoms with Crippen LogP contribution in [0.4, 0.5) is 16.2 Å². The molecule has 9 rings (SSSR count). The van der Waals surface area contributed by atoms with Gasteiger partial charge in [0.15, 0.2) is 0 Å². The summed E-state index contributed by atoms with van der Waals surface area (Å²) in [6.07, 6.45) is 9.39. The highest BCUT2D eigenvalue weighted by Crippen LogP contribution is 2.57. The maximum Gasteiger partial charge on any atom is 0.407 e. The number of hydrogen-bond acceptors (Lipinski definition) is 13. The van der Waals surface area contributed by atoms with Crippen LogP contribution >= 0.6 is 0 Å². The standard InChI is InChI=1S/C63H76N8O10/c1-9-70-51-34-50-48(33-47(51)37(2)35-62(70,4)5)55(49-31-40-16-12-28-69-29-13-19-46(57(40)69)56(49)63(50,6)7)43-17-10-11-18-44(43)59(75)68(8)27-14-20-54(73)67-36-39-21-23-42(52(30-39)71(78)79)38(3)80-61(77)66-26-15-25-65-58(74)41-22-24-45(53(72)32-41)60(76)81-64/h10-11,17-18,21-24,30-34,37-38,51,72H,9,12-16,19-20,25-29,35-36,64H2,1-8H3,(H,65,74)(H,66,77)(H,67,73). The Labute approximate surface area is 473 Å². The number of phenols is 1. The molecule has 428 valence electrons. The van der Waals surface area contributed by atoms with Crippen molar-refractivity contribution in [2.75, 3.05) is 51.2 Å². The van der Waals surface area contributed by atoms with Crippen LogP contribution in [0, 0.1) is 16.0 Å². The number of likely N-dealkylation sites (N-methyl/N-ethyl adjacent to an activating group) is 1. The van der Waals surface area contributed by atoms with E-state index in [2.05, 4.69) is 96.4 Å². The molecule has 18 heteroatoms. The van der Waals surface area contributed by atoms with Crippen LogP contribution in [-0.2, 0) is 39.2 Å². The molecular formula is C63H76N8O10. The maximum atomic E-state index is 14.9. The summed E-state index contributed by atoms with van der Waals surface area (Å²) in [5.41, 5.74) is 13.5. The molecule has 0 saturated carbocycles. The van der Waals surface area contributed by atoms with Crippen molar-refractivity contribution in [3.05, 3.63) is 161 Å². The topological polar surface area (TPSA) is 239 Å². The molecule has 81 heavy (non-hydrogen) atoms. The van der Waals surface area contributed by atoms with Gasteiger partial charge in [-0.05, 0) is 170 Å². The first kappa shape index (κ1) is 57.8. The molecule has 4 aromatic rings. The smallest absolute Gasteiger partial charge is 0.407 e. The van der Waals surface area contributed by atoms with Gasteiger partial charge in [-0.15, -0.1) is 0 Å². The summed E-state index contributed by atoms with van der Waals surface area (Å²) < 4.78 is 5.45. The normalized spacial score (nSPS) is 18.8. The fraction of sp³-hybridized carbons (Fsp3) is 0.444. The average molecular weight is 1110 g/mol. The number of carbonyl (C=O) groups excluding carboxylic acids is 5. The molecule has 0 aromatic heterocycles. The fourth-order valence-corrected chi connectivity index (χ4v) is 13.4. The Morgan fingerprint density at radius 1 is 0.926 bits per heavy atom. The van der Waals surface area contributed by atoms with Gasteiger partial charge in [-0.3, -0.25) is 29.4 Å². The zero-order valence-electron chi connectivity index (χ0n) is 47.8. The summed E-state index contributed by atoms with van der Waals surface area (Å²) in [4.78, 5) is 87.7. The number of hydrogen-bond donors (Lipinski definition) is 5. The molecule has 4 amide bonds. The molecule has 3 unspecified atom stereocenters. The summed E-state index contributed by atoms with van der Waals surface area (Å²) in [5.74, 6) is 2.86. The van der Waals surface area contributed by atoms with Crippen molar-refractivity contribution in [2.45, 2.75) is 129 Å². The largest absolute Gasteiger partial charge is 0.507 e. The van der Waals surface area contributed by atoms with Gasteiger partial charge in [0, 0.05) is 86.6 Å². The van der Waals surface area contributed by atoms with Crippen molar-refractivity contribution in [1.29, 1.82) is 0 Å². The lowest BCUT2D eigenvalue weighted by Crippen LogP contribution is -2.56. The van der Waals surface area contributed by atoms with E-state index in [1.54, 1.807) is 18.0 Å². The molecular weight excluding hydrogens is 1030 g/mol. The number of allylic oxidation sites excluding steroid dienone is 3. The molecule has 3 aliphatic heterocycles. The number of nitrogens with zero attached hydrogens (tertiary/aromatic N) is 4. The second kappa shape index (κ2) is 23.7. The molecule has 3 heterocycles. The third kappa shape index (κ3) is 11.6. The number of alkyl carbamates (subject to hydrolysis) is 1. The Kier molecular flexibility index (Phi) is 16.9. The number of benzene rings is 4. The minimum absolute atomic E-state index is 0.0167. The van der Waals surface area contributed by atoms with E-state index in [0.717, 1.165) is 68.9 Å². The second-order valence-corrected chi connectivity index (χ2v) is 23.3. The number of anilines is 1. The van der Waals surface area contributed by atoms with Crippen molar-refractivity contribution in [1.82, 2.24) is 25.8 Å². The molecule has 0 radical (unpaired) electrons. The van der Waals surface area contributed by atoms with Crippen molar-refractivity contribution in [3.8, 4) is 5.75 Å². The Bertz CT molecular complexity index is 3280. The SMILES string of the molecule is CCN1C2C=C3C(=C(c4ccccc4C(=O)N(C)CCCC(=O)NCc4ccc(C(C)OC(=O)NCCCNC(=O)c5ccc(C(=O)ON)c(O)c5)c([N+](=O)[O-])c4)c4cc5c6c(c4C3(C)C)CCCN6CCC5)C=C2C(C)CC1(C)C. The second-order valence-electron chi connectivity index (χ2n) is 23.3. The molecule has 4 aromatic carbocycles. The van der Waals surface area contributed by atoms with Crippen LogP contribution in [0.2, 0.25) is 0 Å². The van der Waals surface area contributed by atoms with E-state index < -0.39 is 34.7 Å². The number of rotatable bonds is 18. The Balaban J connectivity index is 0.834. The first-order chi connectivity index (χ1) is 38.6. The third-order valence-corrected chi connectivity index (χ3v) is 17.1. The summed E-state index contributed by atoms with van der Waals surface area (Å²) in [6, 6.07) is 18.8. The number of fused-ring (bicyclic) bond motifs is 4. The maximum absolute atomic E-state index is 14.9.